The zero-order chi connectivity index (χ0) is 17.2. The maximum Gasteiger partial charge on any atom is 0.240 e. The number of likely N-dealkylation sites (tertiary alicyclic amines) is 1. The second kappa shape index (κ2) is 8.44. The molecule has 1 amide bonds. The fourth-order valence-electron chi connectivity index (χ4n) is 3.32. The van der Waals surface area contributed by atoms with Crippen molar-refractivity contribution in [2.45, 2.75) is 42.7 Å². The predicted molar refractivity (Wildman–Crippen MR) is 94.6 cm³/mol. The Kier molecular flexibility index (Phi) is 6.79. The van der Waals surface area contributed by atoms with Gasteiger partial charge >= 0.3 is 0 Å². The summed E-state index contributed by atoms with van der Waals surface area (Å²) in [7, 11) is -3.72. The normalized spacial score (nSPS) is 23.0. The molecule has 0 aliphatic carbocycles. The van der Waals surface area contributed by atoms with Gasteiger partial charge in [0.1, 0.15) is 5.82 Å². The molecule has 0 aromatic heterocycles. The van der Waals surface area contributed by atoms with E-state index in [1.807, 2.05) is 4.90 Å². The number of carbonyl (C=O) groups is 1. The van der Waals surface area contributed by atoms with Crippen molar-refractivity contribution >= 4 is 28.3 Å². The van der Waals surface area contributed by atoms with Gasteiger partial charge in [0.15, 0.2) is 0 Å². The van der Waals surface area contributed by atoms with Gasteiger partial charge in [-0.2, -0.15) is 0 Å². The van der Waals surface area contributed by atoms with Crippen LogP contribution in [0.4, 0.5) is 4.39 Å². The van der Waals surface area contributed by atoms with Crippen LogP contribution in [0.5, 0.6) is 0 Å². The third kappa shape index (κ3) is 5.13. The lowest BCUT2D eigenvalue weighted by atomic mass is 10.1. The minimum Gasteiger partial charge on any atom is -0.341 e. The average Bonchev–Trinajstić information content (AvgIpc) is 2.86. The molecule has 2 aliphatic heterocycles. The van der Waals surface area contributed by atoms with E-state index in [1.54, 1.807) is 0 Å². The van der Waals surface area contributed by atoms with Crippen LogP contribution in [-0.4, -0.2) is 50.9 Å². The topological polar surface area (TPSA) is 78.5 Å². The number of benzene rings is 1. The fraction of sp³-hybridized carbons (Fsp3) is 0.562. The zero-order valence-corrected chi connectivity index (χ0v) is 15.4. The highest BCUT2D eigenvalue weighted by atomic mass is 35.5. The van der Waals surface area contributed by atoms with Crippen LogP contribution in [0.3, 0.4) is 0 Å². The summed E-state index contributed by atoms with van der Waals surface area (Å²) >= 11 is 0. The summed E-state index contributed by atoms with van der Waals surface area (Å²) in [5.41, 5.74) is 0. The lowest BCUT2D eigenvalue weighted by Gasteiger charge is -2.24. The summed E-state index contributed by atoms with van der Waals surface area (Å²) in [6.45, 7) is 1.45. The summed E-state index contributed by atoms with van der Waals surface area (Å²) in [4.78, 5) is 14.1. The molecule has 9 heteroatoms. The molecule has 25 heavy (non-hydrogen) atoms. The van der Waals surface area contributed by atoms with E-state index in [4.69, 9.17) is 0 Å². The summed E-state index contributed by atoms with van der Waals surface area (Å²) < 4.78 is 39.5. The predicted octanol–water partition coefficient (Wildman–Crippen LogP) is 1.27. The number of carbonyl (C=O) groups excluding carboxylic acids is 1. The van der Waals surface area contributed by atoms with Crippen LogP contribution in [0.15, 0.2) is 29.2 Å². The van der Waals surface area contributed by atoms with Crippen molar-refractivity contribution in [3.63, 3.8) is 0 Å². The van der Waals surface area contributed by atoms with Gasteiger partial charge < -0.3 is 10.2 Å². The van der Waals surface area contributed by atoms with Gasteiger partial charge in [-0.25, -0.2) is 17.5 Å². The van der Waals surface area contributed by atoms with E-state index in [2.05, 4.69) is 10.0 Å². The van der Waals surface area contributed by atoms with Gasteiger partial charge in [0.25, 0.3) is 0 Å². The molecule has 2 heterocycles. The second-order valence-electron chi connectivity index (χ2n) is 6.37. The van der Waals surface area contributed by atoms with Crippen LogP contribution in [0, 0.1) is 5.82 Å². The molecule has 2 atom stereocenters. The Bertz CT molecular complexity index is 699. The maximum atomic E-state index is 12.9. The highest BCUT2D eigenvalue weighted by Crippen LogP contribution is 2.20. The molecule has 2 aliphatic rings. The molecule has 6 nitrogen and oxygen atoms in total. The quantitative estimate of drug-likeness (QED) is 0.792. The Morgan fingerprint density at radius 1 is 1.20 bits per heavy atom. The summed E-state index contributed by atoms with van der Waals surface area (Å²) in [6.07, 6.45) is 3.33. The zero-order valence-electron chi connectivity index (χ0n) is 13.8. The van der Waals surface area contributed by atoms with Crippen LogP contribution in [0.2, 0.25) is 0 Å². The van der Waals surface area contributed by atoms with Gasteiger partial charge in [-0.15, -0.1) is 12.4 Å². The van der Waals surface area contributed by atoms with Gasteiger partial charge in [0, 0.05) is 38.1 Å². The molecule has 1 aromatic carbocycles. The standard InChI is InChI=1S/C16H22FN3O3S.ClH/c17-12-1-5-15(6-2-12)24(22,23)18-9-7-16(21)20-10-8-13-3-4-14(11-20)19-13;/h1-2,5-6,13-14,18-19H,3-4,7-11H2;1H. The number of nitrogens with one attached hydrogen (secondary N) is 2. The third-order valence-electron chi connectivity index (χ3n) is 4.63. The van der Waals surface area contributed by atoms with Crippen LogP contribution >= 0.6 is 12.4 Å². The number of fused-ring (bicyclic) bond motifs is 2. The molecule has 2 fully saturated rings. The first kappa shape index (κ1) is 20.1. The van der Waals surface area contributed by atoms with E-state index in [1.165, 1.54) is 18.6 Å². The Balaban J connectivity index is 0.00000225. The maximum absolute atomic E-state index is 12.9. The number of hydrogen-bond acceptors (Lipinski definition) is 4. The van der Waals surface area contributed by atoms with Crippen molar-refractivity contribution in [3.8, 4) is 0 Å². The molecule has 2 saturated heterocycles. The number of sulfonamides is 1. The molecular weight excluding hydrogens is 369 g/mol. The van der Waals surface area contributed by atoms with E-state index in [-0.39, 0.29) is 36.2 Å². The fourth-order valence-corrected chi connectivity index (χ4v) is 4.35. The van der Waals surface area contributed by atoms with Gasteiger partial charge in [-0.3, -0.25) is 4.79 Å². The lowest BCUT2D eigenvalue weighted by molar-refractivity contribution is -0.131. The van der Waals surface area contributed by atoms with E-state index >= 15 is 0 Å². The highest BCUT2D eigenvalue weighted by molar-refractivity contribution is 7.89. The van der Waals surface area contributed by atoms with Crippen molar-refractivity contribution in [2.75, 3.05) is 19.6 Å². The van der Waals surface area contributed by atoms with Crippen molar-refractivity contribution in [2.24, 2.45) is 0 Å². The molecule has 0 saturated carbocycles. The van der Waals surface area contributed by atoms with Crippen LogP contribution in [0.1, 0.15) is 25.7 Å². The van der Waals surface area contributed by atoms with Crippen molar-refractivity contribution in [3.05, 3.63) is 30.1 Å². The lowest BCUT2D eigenvalue weighted by Crippen LogP contribution is -2.40. The number of halogens is 2. The molecule has 1 aromatic rings. The first-order valence-corrected chi connectivity index (χ1v) is 9.71. The highest BCUT2D eigenvalue weighted by Gasteiger charge is 2.30. The molecule has 2 bridgehead atoms. The van der Waals surface area contributed by atoms with Crippen molar-refractivity contribution in [1.82, 2.24) is 14.9 Å². The summed E-state index contributed by atoms with van der Waals surface area (Å²) in [6, 6.07) is 5.47. The van der Waals surface area contributed by atoms with E-state index in [0.717, 1.165) is 31.5 Å². The van der Waals surface area contributed by atoms with Crippen LogP contribution in [-0.2, 0) is 14.8 Å². The molecule has 2 unspecified atom stereocenters. The van der Waals surface area contributed by atoms with Gasteiger partial charge in [0.2, 0.25) is 15.9 Å². The van der Waals surface area contributed by atoms with Crippen LogP contribution in [0.25, 0.3) is 0 Å². The Hall–Kier alpha value is -1.22. The second-order valence-corrected chi connectivity index (χ2v) is 8.13. The molecule has 0 spiro atoms. The SMILES string of the molecule is Cl.O=C(CCNS(=O)(=O)c1ccc(F)cc1)N1CCC2CCC(C1)N2. The van der Waals surface area contributed by atoms with Crippen molar-refractivity contribution in [1.29, 1.82) is 0 Å². The smallest absolute Gasteiger partial charge is 0.240 e. The van der Waals surface area contributed by atoms with E-state index in [9.17, 15) is 17.6 Å². The number of nitrogens with zero attached hydrogens (tertiary/aromatic N) is 1. The number of hydrogen-bond donors (Lipinski definition) is 2. The van der Waals surface area contributed by atoms with E-state index < -0.39 is 15.8 Å². The van der Waals surface area contributed by atoms with Crippen LogP contribution < -0.4 is 10.0 Å². The summed E-state index contributed by atoms with van der Waals surface area (Å²) in [5, 5.41) is 3.51. The average molecular weight is 392 g/mol. The summed E-state index contributed by atoms with van der Waals surface area (Å²) in [5.74, 6) is -0.528. The minimum absolute atomic E-state index is 0. The van der Waals surface area contributed by atoms with E-state index in [0.29, 0.717) is 18.6 Å². The van der Waals surface area contributed by atoms with Gasteiger partial charge in [-0.1, -0.05) is 0 Å². The minimum atomic E-state index is -3.72. The first-order valence-electron chi connectivity index (χ1n) is 8.23. The Morgan fingerprint density at radius 3 is 2.60 bits per heavy atom. The largest absolute Gasteiger partial charge is 0.341 e. The third-order valence-corrected chi connectivity index (χ3v) is 6.11. The number of amides is 1. The van der Waals surface area contributed by atoms with Gasteiger partial charge in [-0.05, 0) is 43.5 Å². The monoisotopic (exact) mass is 391 g/mol. The Labute approximate surface area is 153 Å². The van der Waals surface area contributed by atoms with Crippen molar-refractivity contribution < 1.29 is 17.6 Å². The van der Waals surface area contributed by atoms with Gasteiger partial charge in [0.05, 0.1) is 4.90 Å². The molecule has 2 N–H and O–H groups in total. The Morgan fingerprint density at radius 2 is 1.88 bits per heavy atom. The molecular formula is C16H23ClFN3O3S. The first-order chi connectivity index (χ1) is 11.4. The number of rotatable bonds is 5. The molecule has 140 valence electrons. The molecule has 3 rings (SSSR count). The molecule has 0 radical (unpaired) electrons.